The quantitative estimate of drug-likeness (QED) is 0.757. The van der Waals surface area contributed by atoms with E-state index in [1.54, 1.807) is 0 Å². The normalized spacial score (nSPS) is 27.6. The molecular formula is C22H17FN2O3. The van der Waals surface area contributed by atoms with Crippen LogP contribution in [-0.2, 0) is 14.4 Å². The molecule has 0 aromatic heterocycles. The summed E-state index contributed by atoms with van der Waals surface area (Å²) < 4.78 is 13.7. The van der Waals surface area contributed by atoms with Crippen LogP contribution in [0, 0.1) is 17.7 Å². The van der Waals surface area contributed by atoms with Crippen molar-refractivity contribution < 1.29 is 18.8 Å². The number of Topliss-reactive ketones (excluding diaryl/α,β-unsaturated/α-hetero) is 1. The Morgan fingerprint density at radius 1 is 1.00 bits per heavy atom. The van der Waals surface area contributed by atoms with E-state index in [2.05, 4.69) is 0 Å². The maximum absolute atomic E-state index is 13.7. The van der Waals surface area contributed by atoms with Crippen LogP contribution >= 0.6 is 0 Å². The monoisotopic (exact) mass is 376 g/mol. The van der Waals surface area contributed by atoms with Gasteiger partial charge in [-0.05, 0) is 42.3 Å². The van der Waals surface area contributed by atoms with Crippen LogP contribution in [0.4, 0.5) is 10.1 Å². The summed E-state index contributed by atoms with van der Waals surface area (Å²) in [6.45, 7) is 1.45. The summed E-state index contributed by atoms with van der Waals surface area (Å²) in [5.41, 5.74) is 2.10. The molecule has 0 N–H and O–H groups in total. The lowest BCUT2D eigenvalue weighted by Gasteiger charge is -2.34. The predicted molar refractivity (Wildman–Crippen MR) is 100 cm³/mol. The molecule has 2 amide bonds. The van der Waals surface area contributed by atoms with Crippen LogP contribution in [0.15, 0.2) is 54.7 Å². The summed E-state index contributed by atoms with van der Waals surface area (Å²) in [5.74, 6) is -2.98. The highest BCUT2D eigenvalue weighted by atomic mass is 19.1. The van der Waals surface area contributed by atoms with Crippen molar-refractivity contribution in [3.8, 4) is 0 Å². The average molecular weight is 376 g/mol. The van der Waals surface area contributed by atoms with E-state index < -0.39 is 35.6 Å². The van der Waals surface area contributed by atoms with Gasteiger partial charge in [0, 0.05) is 6.20 Å². The van der Waals surface area contributed by atoms with Crippen LogP contribution in [0.3, 0.4) is 0 Å². The molecule has 140 valence electrons. The zero-order chi connectivity index (χ0) is 19.6. The standard InChI is InChI=1S/C22H17FN2O3/c1-12(26)19-17-18(20-16-8-3-2-5-13(16)9-10-24(19)20)22(28)25(21(17)27)15-7-4-6-14(23)11-15/h2-11,17-20H,1H3/t17-,18+,19+,20-/m1/s1. The maximum atomic E-state index is 13.7. The van der Waals surface area contributed by atoms with Crippen LogP contribution in [0.1, 0.15) is 24.1 Å². The highest BCUT2D eigenvalue weighted by Gasteiger charge is 2.63. The molecule has 2 saturated heterocycles. The molecule has 0 spiro atoms. The molecular weight excluding hydrogens is 359 g/mol. The molecule has 5 rings (SSSR count). The van der Waals surface area contributed by atoms with Crippen LogP contribution < -0.4 is 4.90 Å². The van der Waals surface area contributed by atoms with Crippen molar-refractivity contribution >= 4 is 29.4 Å². The second kappa shape index (κ2) is 5.86. The van der Waals surface area contributed by atoms with Crippen LogP contribution in [0.25, 0.3) is 6.08 Å². The number of carbonyl (C=O) groups is 3. The second-order valence-corrected chi connectivity index (χ2v) is 7.44. The van der Waals surface area contributed by atoms with Crippen molar-refractivity contribution in [3.63, 3.8) is 0 Å². The number of hydrogen-bond acceptors (Lipinski definition) is 4. The topological polar surface area (TPSA) is 57.7 Å². The van der Waals surface area contributed by atoms with E-state index in [-0.39, 0.29) is 17.4 Å². The van der Waals surface area contributed by atoms with Crippen molar-refractivity contribution in [2.24, 2.45) is 11.8 Å². The molecule has 6 heteroatoms. The van der Waals surface area contributed by atoms with Gasteiger partial charge >= 0.3 is 0 Å². The number of halogens is 1. The van der Waals surface area contributed by atoms with Gasteiger partial charge in [0.05, 0.1) is 29.6 Å². The average Bonchev–Trinajstić information content (AvgIpc) is 3.15. The van der Waals surface area contributed by atoms with E-state index in [1.165, 1.54) is 31.2 Å². The van der Waals surface area contributed by atoms with Crippen molar-refractivity contribution in [2.75, 3.05) is 4.90 Å². The number of anilines is 1. The molecule has 2 aromatic carbocycles. The third kappa shape index (κ3) is 2.14. The molecule has 0 saturated carbocycles. The Morgan fingerprint density at radius 2 is 1.75 bits per heavy atom. The number of benzene rings is 2. The first kappa shape index (κ1) is 16.9. The van der Waals surface area contributed by atoms with E-state index in [0.29, 0.717) is 0 Å². The largest absolute Gasteiger partial charge is 0.359 e. The summed E-state index contributed by atoms with van der Waals surface area (Å²) in [6, 6.07) is 12.0. The number of hydrogen-bond donors (Lipinski definition) is 0. The fraction of sp³-hybridized carbons (Fsp3) is 0.227. The molecule has 28 heavy (non-hydrogen) atoms. The molecule has 0 bridgehead atoms. The number of imide groups is 1. The first-order valence-electron chi connectivity index (χ1n) is 9.17. The van der Waals surface area contributed by atoms with Gasteiger partial charge in [-0.3, -0.25) is 14.4 Å². The molecule has 0 unspecified atom stereocenters. The fourth-order valence-corrected chi connectivity index (χ4v) is 4.89. The summed E-state index contributed by atoms with van der Waals surface area (Å²) in [6.07, 6.45) is 3.71. The highest BCUT2D eigenvalue weighted by Crippen LogP contribution is 2.53. The Bertz CT molecular complexity index is 1060. The second-order valence-electron chi connectivity index (χ2n) is 7.44. The Hall–Kier alpha value is -3.28. The molecule has 3 aliphatic heterocycles. The molecule has 2 aromatic rings. The number of fused-ring (bicyclic) bond motifs is 5. The third-order valence-electron chi connectivity index (χ3n) is 5.94. The van der Waals surface area contributed by atoms with Gasteiger partial charge in [-0.15, -0.1) is 0 Å². The number of carbonyl (C=O) groups excluding carboxylic acids is 3. The van der Waals surface area contributed by atoms with E-state index >= 15 is 0 Å². The minimum atomic E-state index is -0.783. The third-order valence-corrected chi connectivity index (χ3v) is 5.94. The number of ketones is 1. The van der Waals surface area contributed by atoms with E-state index in [0.717, 1.165) is 16.0 Å². The molecule has 3 heterocycles. The smallest absolute Gasteiger partial charge is 0.240 e. The van der Waals surface area contributed by atoms with E-state index in [1.807, 2.05) is 41.4 Å². The Kier molecular flexibility index (Phi) is 3.53. The maximum Gasteiger partial charge on any atom is 0.240 e. The van der Waals surface area contributed by atoms with E-state index in [9.17, 15) is 18.8 Å². The first-order chi connectivity index (χ1) is 13.5. The van der Waals surface area contributed by atoms with Crippen molar-refractivity contribution in [1.29, 1.82) is 0 Å². The molecule has 0 radical (unpaired) electrons. The Balaban J connectivity index is 1.66. The minimum Gasteiger partial charge on any atom is -0.359 e. The summed E-state index contributed by atoms with van der Waals surface area (Å²) in [5, 5.41) is 0. The Labute approximate surface area is 161 Å². The SMILES string of the molecule is CC(=O)[C@H]1[C@@H]2C(=O)N(c3cccc(F)c3)C(=O)[C@@H]2[C@H]2c3ccccc3C=CN21. The predicted octanol–water partition coefficient (Wildman–Crippen LogP) is 2.93. The van der Waals surface area contributed by atoms with Crippen molar-refractivity contribution in [3.05, 3.63) is 71.7 Å². The fourth-order valence-electron chi connectivity index (χ4n) is 4.89. The van der Waals surface area contributed by atoms with Gasteiger partial charge in [0.15, 0.2) is 5.78 Å². The van der Waals surface area contributed by atoms with Gasteiger partial charge in [0.25, 0.3) is 0 Å². The van der Waals surface area contributed by atoms with Crippen molar-refractivity contribution in [1.82, 2.24) is 4.90 Å². The zero-order valence-corrected chi connectivity index (χ0v) is 15.1. The van der Waals surface area contributed by atoms with Gasteiger partial charge in [-0.1, -0.05) is 30.3 Å². The van der Waals surface area contributed by atoms with Gasteiger partial charge in [0.1, 0.15) is 5.82 Å². The zero-order valence-electron chi connectivity index (χ0n) is 15.1. The highest BCUT2D eigenvalue weighted by molar-refractivity contribution is 6.24. The summed E-state index contributed by atoms with van der Waals surface area (Å²) >= 11 is 0. The number of rotatable bonds is 2. The summed E-state index contributed by atoms with van der Waals surface area (Å²) in [7, 11) is 0. The lowest BCUT2D eigenvalue weighted by molar-refractivity contribution is -0.129. The first-order valence-corrected chi connectivity index (χ1v) is 9.17. The Morgan fingerprint density at radius 3 is 2.50 bits per heavy atom. The molecule has 4 atom stereocenters. The van der Waals surface area contributed by atoms with Gasteiger partial charge in [0.2, 0.25) is 11.8 Å². The molecule has 5 nitrogen and oxygen atoms in total. The van der Waals surface area contributed by atoms with Crippen LogP contribution in [0.2, 0.25) is 0 Å². The molecule has 0 aliphatic carbocycles. The number of amides is 2. The minimum absolute atomic E-state index is 0.163. The lowest BCUT2D eigenvalue weighted by Crippen LogP contribution is -2.43. The van der Waals surface area contributed by atoms with Crippen LogP contribution in [-0.4, -0.2) is 28.5 Å². The van der Waals surface area contributed by atoms with Crippen LogP contribution in [0.5, 0.6) is 0 Å². The van der Waals surface area contributed by atoms with Gasteiger partial charge in [-0.2, -0.15) is 0 Å². The van der Waals surface area contributed by atoms with E-state index in [4.69, 9.17) is 0 Å². The lowest BCUT2D eigenvalue weighted by atomic mass is 9.84. The van der Waals surface area contributed by atoms with Crippen molar-refractivity contribution in [2.45, 2.75) is 19.0 Å². The molecule has 2 fully saturated rings. The van der Waals surface area contributed by atoms with Gasteiger partial charge in [-0.25, -0.2) is 9.29 Å². The van der Waals surface area contributed by atoms with Gasteiger partial charge < -0.3 is 4.90 Å². The number of nitrogens with zero attached hydrogens (tertiary/aromatic N) is 2. The molecule has 3 aliphatic rings. The summed E-state index contributed by atoms with van der Waals surface area (Å²) in [4.78, 5) is 42.0.